The van der Waals surface area contributed by atoms with Gasteiger partial charge in [0.2, 0.25) is 5.91 Å². The summed E-state index contributed by atoms with van der Waals surface area (Å²) in [6.07, 6.45) is 0.527. The van der Waals surface area contributed by atoms with E-state index in [1.165, 1.54) is 18.2 Å². The number of carbonyl (C=O) groups is 2. The van der Waals surface area contributed by atoms with Gasteiger partial charge in [-0.3, -0.25) is 9.59 Å². The molecule has 1 heterocycles. The topological polar surface area (TPSA) is 49.9 Å². The van der Waals surface area contributed by atoms with Crippen LogP contribution in [0.4, 0.5) is 15.8 Å². The lowest BCUT2D eigenvalue weighted by atomic mass is 9.89. The summed E-state index contributed by atoms with van der Waals surface area (Å²) >= 11 is 6.10. The molecule has 2 amide bonds. The SMILES string of the molecule is CC(=O)N(c1ccc(Cl)cc1)C1CC(C)N(C(=O)c2ccc(F)c(O[Si](C)(C)C(C)(C)C)c2)c2ccccc21. The minimum absolute atomic E-state index is 0.102. The molecule has 0 radical (unpaired) electrons. The van der Waals surface area contributed by atoms with Crippen molar-refractivity contribution in [1.29, 1.82) is 0 Å². The van der Waals surface area contributed by atoms with Crippen LogP contribution in [0.3, 0.4) is 0 Å². The third kappa shape index (κ3) is 5.75. The Labute approximate surface area is 236 Å². The number of fused-ring (bicyclic) bond motifs is 1. The van der Waals surface area contributed by atoms with Crippen LogP contribution in [0.15, 0.2) is 66.7 Å². The molecule has 1 aliphatic heterocycles. The van der Waals surface area contributed by atoms with Gasteiger partial charge >= 0.3 is 0 Å². The molecule has 3 aromatic carbocycles. The van der Waals surface area contributed by atoms with Gasteiger partial charge in [-0.2, -0.15) is 0 Å². The zero-order chi connectivity index (χ0) is 28.7. The Balaban J connectivity index is 1.72. The van der Waals surface area contributed by atoms with Gasteiger partial charge in [0, 0.05) is 34.9 Å². The third-order valence-corrected chi connectivity index (χ3v) is 12.5. The van der Waals surface area contributed by atoms with Crippen LogP contribution in [0.1, 0.15) is 63.0 Å². The molecule has 39 heavy (non-hydrogen) atoms. The Hall–Kier alpha value is -3.16. The number of nitrogens with zero attached hydrogens (tertiary/aromatic N) is 2. The molecule has 0 bridgehead atoms. The van der Waals surface area contributed by atoms with Crippen molar-refractivity contribution >= 4 is 43.1 Å². The summed E-state index contributed by atoms with van der Waals surface area (Å²) < 4.78 is 21.1. The van der Waals surface area contributed by atoms with Crippen molar-refractivity contribution in [2.24, 2.45) is 0 Å². The van der Waals surface area contributed by atoms with Crippen LogP contribution in [0.5, 0.6) is 5.75 Å². The summed E-state index contributed by atoms with van der Waals surface area (Å²) in [6.45, 7) is 13.9. The van der Waals surface area contributed by atoms with Crippen molar-refractivity contribution in [3.05, 3.63) is 88.7 Å². The van der Waals surface area contributed by atoms with Crippen molar-refractivity contribution in [3.63, 3.8) is 0 Å². The van der Waals surface area contributed by atoms with Crippen LogP contribution in [0, 0.1) is 5.82 Å². The monoisotopic (exact) mass is 566 g/mol. The Morgan fingerprint density at radius 3 is 2.31 bits per heavy atom. The Morgan fingerprint density at radius 2 is 1.69 bits per heavy atom. The molecule has 0 N–H and O–H groups in total. The molecule has 2 atom stereocenters. The molecule has 0 saturated carbocycles. The Kier molecular flexibility index (Phi) is 7.97. The predicted octanol–water partition coefficient (Wildman–Crippen LogP) is 8.40. The van der Waals surface area contributed by atoms with Crippen LogP contribution in [0.25, 0.3) is 0 Å². The van der Waals surface area contributed by atoms with E-state index in [1.807, 2.05) is 56.4 Å². The fourth-order valence-electron chi connectivity index (χ4n) is 4.80. The van der Waals surface area contributed by atoms with E-state index in [2.05, 4.69) is 20.8 Å². The number of hydrogen-bond acceptors (Lipinski definition) is 3. The molecular formula is C31H36ClFN2O3Si. The maximum atomic E-state index is 14.8. The summed E-state index contributed by atoms with van der Waals surface area (Å²) in [5.41, 5.74) is 2.69. The smallest absolute Gasteiger partial charge is 0.258 e. The summed E-state index contributed by atoms with van der Waals surface area (Å²) in [5, 5.41) is 0.467. The maximum absolute atomic E-state index is 14.8. The lowest BCUT2D eigenvalue weighted by Crippen LogP contribution is -2.47. The van der Waals surface area contributed by atoms with Gasteiger partial charge in [-0.25, -0.2) is 4.39 Å². The fourth-order valence-corrected chi connectivity index (χ4v) is 5.94. The molecule has 2 unspecified atom stereocenters. The van der Waals surface area contributed by atoms with E-state index in [-0.39, 0.29) is 34.7 Å². The van der Waals surface area contributed by atoms with Gasteiger partial charge in [0.15, 0.2) is 5.82 Å². The molecule has 0 aliphatic carbocycles. The van der Waals surface area contributed by atoms with Crippen molar-refractivity contribution in [3.8, 4) is 5.75 Å². The molecule has 4 rings (SSSR count). The van der Waals surface area contributed by atoms with Gasteiger partial charge in [-0.15, -0.1) is 0 Å². The average Bonchev–Trinajstić information content (AvgIpc) is 2.85. The second-order valence-electron chi connectivity index (χ2n) is 11.7. The minimum atomic E-state index is -2.32. The van der Waals surface area contributed by atoms with Crippen molar-refractivity contribution in [1.82, 2.24) is 0 Å². The number of anilines is 2. The summed E-state index contributed by atoms with van der Waals surface area (Å²) in [7, 11) is -2.32. The molecular weight excluding hydrogens is 531 g/mol. The Morgan fingerprint density at radius 1 is 1.05 bits per heavy atom. The van der Waals surface area contributed by atoms with Crippen LogP contribution in [0.2, 0.25) is 23.2 Å². The number of amides is 2. The summed E-state index contributed by atoms with van der Waals surface area (Å²) in [5.74, 6) is -0.721. The van der Waals surface area contributed by atoms with E-state index in [0.29, 0.717) is 17.0 Å². The van der Waals surface area contributed by atoms with Crippen LogP contribution < -0.4 is 14.2 Å². The largest absolute Gasteiger partial charge is 0.542 e. The quantitative estimate of drug-likeness (QED) is 0.291. The first-order valence-electron chi connectivity index (χ1n) is 13.2. The predicted molar refractivity (Wildman–Crippen MR) is 159 cm³/mol. The summed E-state index contributed by atoms with van der Waals surface area (Å²) in [6, 6.07) is 18.6. The fraction of sp³-hybridized carbons (Fsp3) is 0.355. The van der Waals surface area contributed by atoms with E-state index in [0.717, 1.165) is 16.9 Å². The van der Waals surface area contributed by atoms with Gasteiger partial charge in [0.25, 0.3) is 14.2 Å². The number of halogens is 2. The second kappa shape index (κ2) is 10.8. The minimum Gasteiger partial charge on any atom is -0.542 e. The number of benzene rings is 3. The number of rotatable bonds is 5. The first kappa shape index (κ1) is 28.8. The first-order valence-corrected chi connectivity index (χ1v) is 16.5. The van der Waals surface area contributed by atoms with E-state index < -0.39 is 14.1 Å². The normalized spacial score (nSPS) is 17.4. The van der Waals surface area contributed by atoms with E-state index >= 15 is 0 Å². The van der Waals surface area contributed by atoms with Gasteiger partial charge in [-0.05, 0) is 85.6 Å². The van der Waals surface area contributed by atoms with E-state index in [1.54, 1.807) is 28.9 Å². The highest BCUT2D eigenvalue weighted by Gasteiger charge is 2.41. The highest BCUT2D eigenvalue weighted by molar-refractivity contribution is 6.74. The molecule has 1 aliphatic rings. The average molecular weight is 567 g/mol. The van der Waals surface area contributed by atoms with E-state index in [9.17, 15) is 14.0 Å². The zero-order valence-electron chi connectivity index (χ0n) is 23.6. The van der Waals surface area contributed by atoms with Crippen molar-refractivity contribution in [2.45, 2.75) is 71.3 Å². The van der Waals surface area contributed by atoms with Crippen LogP contribution in [-0.4, -0.2) is 26.2 Å². The number of carbonyl (C=O) groups excluding carboxylic acids is 2. The molecule has 0 aromatic heterocycles. The zero-order valence-corrected chi connectivity index (χ0v) is 25.3. The standard InChI is InChI=1S/C31H36ClFN2O3Si/c1-20-18-28(35(21(2)36)24-15-13-23(32)14-16-24)25-10-8-9-11-27(25)34(20)30(37)22-12-17-26(33)29(19-22)38-39(6,7)31(3,4)5/h8-17,19-20,28H,18H2,1-7H3. The second-order valence-corrected chi connectivity index (χ2v) is 16.9. The maximum Gasteiger partial charge on any atom is 0.258 e. The lowest BCUT2D eigenvalue weighted by Gasteiger charge is -2.43. The van der Waals surface area contributed by atoms with Gasteiger partial charge in [-0.1, -0.05) is 50.6 Å². The molecule has 8 heteroatoms. The van der Waals surface area contributed by atoms with Crippen molar-refractivity contribution in [2.75, 3.05) is 9.80 Å². The first-order chi connectivity index (χ1) is 18.2. The molecule has 0 spiro atoms. The Bertz CT molecular complexity index is 1390. The van der Waals surface area contributed by atoms with E-state index in [4.69, 9.17) is 16.0 Å². The highest BCUT2D eigenvalue weighted by Crippen LogP contribution is 2.43. The van der Waals surface area contributed by atoms with Gasteiger partial charge in [0.1, 0.15) is 5.75 Å². The molecule has 5 nitrogen and oxygen atoms in total. The van der Waals surface area contributed by atoms with Gasteiger partial charge in [0.05, 0.1) is 6.04 Å². The lowest BCUT2D eigenvalue weighted by molar-refractivity contribution is -0.117. The molecule has 0 fully saturated rings. The number of hydrogen-bond donors (Lipinski definition) is 0. The highest BCUT2D eigenvalue weighted by atomic mass is 35.5. The summed E-state index contributed by atoms with van der Waals surface area (Å²) in [4.78, 5) is 30.4. The number of para-hydroxylation sites is 1. The molecule has 0 saturated heterocycles. The molecule has 206 valence electrons. The van der Waals surface area contributed by atoms with Crippen molar-refractivity contribution < 1.29 is 18.4 Å². The van der Waals surface area contributed by atoms with Crippen LogP contribution >= 0.6 is 11.6 Å². The molecule has 3 aromatic rings. The van der Waals surface area contributed by atoms with Gasteiger partial charge < -0.3 is 14.2 Å². The van der Waals surface area contributed by atoms with Crippen LogP contribution in [-0.2, 0) is 4.79 Å². The third-order valence-electron chi connectivity index (χ3n) is 7.88.